The molecule has 0 saturated heterocycles. The fourth-order valence-corrected chi connectivity index (χ4v) is 6.45. The average Bonchev–Trinajstić information content (AvgIpc) is 3.30. The summed E-state index contributed by atoms with van der Waals surface area (Å²) >= 11 is 0. The summed E-state index contributed by atoms with van der Waals surface area (Å²) in [5, 5.41) is 18.9. The smallest absolute Gasteiger partial charge is 0.364 e. The summed E-state index contributed by atoms with van der Waals surface area (Å²) in [6.07, 6.45) is 0. The molecule has 0 radical (unpaired) electrons. The van der Waals surface area contributed by atoms with E-state index in [0.29, 0.717) is 11.7 Å². The first-order valence-electron chi connectivity index (χ1n) is 15.9. The minimum atomic E-state index is -0.625. The third-order valence-electron chi connectivity index (χ3n) is 10.9. The molecule has 7 rings (SSSR count). The molecular formula is C40H40N4O2. The molecule has 0 aliphatic carbocycles. The molecule has 0 N–H and O–H groups in total. The number of hydroxylamine groups is 2. The van der Waals surface area contributed by atoms with E-state index in [1.807, 2.05) is 79.7 Å². The van der Waals surface area contributed by atoms with E-state index in [4.69, 9.17) is 9.98 Å². The lowest BCUT2D eigenvalue weighted by Crippen LogP contribution is -2.50. The van der Waals surface area contributed by atoms with Gasteiger partial charge in [-0.3, -0.25) is 4.99 Å². The van der Waals surface area contributed by atoms with Gasteiger partial charge in [-0.05, 0) is 128 Å². The van der Waals surface area contributed by atoms with Gasteiger partial charge >= 0.3 is 5.84 Å². The standard InChI is InChI=1S/C40H40N4O2/c1-37(2)39(5,6)43(45)35(41-37)27-17-13-25(14-18-27)29-21-22-33-31(23-29)24-30-11-9-10-12-32(30)34(33)26-15-19-28(20-16-26)36-42-38(3,4)40(7,8)44(36)46/h9-24H,1-8H3. The molecule has 0 aromatic heterocycles. The number of hydrogen-bond donors (Lipinski definition) is 0. The van der Waals surface area contributed by atoms with Crippen molar-refractivity contribution in [3.8, 4) is 22.3 Å². The van der Waals surface area contributed by atoms with Gasteiger partial charge in [-0.2, -0.15) is 0 Å². The molecule has 0 saturated carbocycles. The molecule has 6 heteroatoms. The van der Waals surface area contributed by atoms with Gasteiger partial charge in [-0.1, -0.05) is 82.7 Å². The van der Waals surface area contributed by atoms with Crippen LogP contribution in [0.5, 0.6) is 0 Å². The molecule has 46 heavy (non-hydrogen) atoms. The van der Waals surface area contributed by atoms with Crippen molar-refractivity contribution in [2.45, 2.75) is 77.5 Å². The first-order chi connectivity index (χ1) is 21.6. The van der Waals surface area contributed by atoms with Gasteiger partial charge in [0.15, 0.2) is 11.1 Å². The van der Waals surface area contributed by atoms with Crippen molar-refractivity contribution in [1.82, 2.24) is 5.06 Å². The number of hydrogen-bond acceptors (Lipinski definition) is 5. The predicted molar refractivity (Wildman–Crippen MR) is 191 cm³/mol. The number of nitroso groups, excluding NO2 is 1. The molecule has 0 atom stereocenters. The van der Waals surface area contributed by atoms with Crippen LogP contribution in [0.15, 0.2) is 107 Å². The van der Waals surface area contributed by atoms with E-state index in [1.54, 1.807) is 0 Å². The third-order valence-corrected chi connectivity index (χ3v) is 10.9. The molecule has 0 bridgehead atoms. The summed E-state index contributed by atoms with van der Waals surface area (Å²) < 4.78 is 1.05. The van der Waals surface area contributed by atoms with Gasteiger partial charge in [0.2, 0.25) is 0 Å². The second-order valence-corrected chi connectivity index (χ2v) is 14.8. The Balaban J connectivity index is 1.27. The van der Waals surface area contributed by atoms with E-state index < -0.39 is 22.2 Å². The van der Waals surface area contributed by atoms with Crippen molar-refractivity contribution in [3.05, 3.63) is 118 Å². The summed E-state index contributed by atoms with van der Waals surface area (Å²) in [6.45, 7) is 15.8. The topological polar surface area (TPSA) is 71.1 Å². The first-order valence-corrected chi connectivity index (χ1v) is 15.9. The van der Waals surface area contributed by atoms with Crippen LogP contribution in [0.2, 0.25) is 0 Å². The second kappa shape index (κ2) is 9.91. The Labute approximate surface area is 270 Å². The van der Waals surface area contributed by atoms with Crippen LogP contribution in [0, 0.1) is 10.1 Å². The summed E-state index contributed by atoms with van der Waals surface area (Å²) in [5.41, 5.74) is 3.87. The molecule has 0 fully saturated rings. The zero-order valence-electron chi connectivity index (χ0n) is 27.8. The Morgan fingerprint density at radius 1 is 0.587 bits per heavy atom. The Morgan fingerprint density at radius 2 is 1.15 bits per heavy atom. The number of nitrogens with zero attached hydrogens (tertiary/aromatic N) is 4. The van der Waals surface area contributed by atoms with Gasteiger partial charge < -0.3 is 10.3 Å². The van der Waals surface area contributed by atoms with Crippen LogP contribution in [0.3, 0.4) is 0 Å². The van der Waals surface area contributed by atoms with Crippen LogP contribution in [0.25, 0.3) is 43.8 Å². The Morgan fingerprint density at radius 3 is 1.76 bits per heavy atom. The number of rotatable bonds is 4. The minimum Gasteiger partial charge on any atom is -0.757 e. The molecule has 5 aromatic rings. The lowest BCUT2D eigenvalue weighted by Gasteiger charge is -2.45. The average molecular weight is 609 g/mol. The lowest BCUT2D eigenvalue weighted by molar-refractivity contribution is -0.514. The molecule has 2 aliphatic heterocycles. The Hall–Kier alpha value is -4.68. The monoisotopic (exact) mass is 608 g/mol. The normalized spacial score (nSPS) is 19.5. The maximum atomic E-state index is 13.2. The zero-order valence-corrected chi connectivity index (χ0v) is 27.8. The number of aliphatic imine (C=N–C) groups is 2. The lowest BCUT2D eigenvalue weighted by atomic mass is 9.84. The van der Waals surface area contributed by atoms with E-state index >= 15 is 0 Å². The molecule has 5 aromatic carbocycles. The summed E-state index contributed by atoms with van der Waals surface area (Å²) in [5.74, 6) is 0.966. The second-order valence-electron chi connectivity index (χ2n) is 14.8. The molecule has 232 valence electrons. The largest absolute Gasteiger partial charge is 0.757 e. The number of benzene rings is 5. The van der Waals surface area contributed by atoms with E-state index in [2.05, 4.69) is 72.8 Å². The van der Waals surface area contributed by atoms with Gasteiger partial charge in [0.25, 0.3) is 0 Å². The highest BCUT2D eigenvalue weighted by atomic mass is 16.5. The maximum Gasteiger partial charge on any atom is 0.364 e. The molecule has 6 nitrogen and oxygen atoms in total. The van der Waals surface area contributed by atoms with Crippen LogP contribution >= 0.6 is 0 Å². The summed E-state index contributed by atoms with van der Waals surface area (Å²) in [7, 11) is 0. The van der Waals surface area contributed by atoms with Crippen molar-refractivity contribution in [2.75, 3.05) is 0 Å². The maximum absolute atomic E-state index is 13.2. The first kappa shape index (κ1) is 30.0. The number of amidine groups is 2. The molecule has 0 spiro atoms. The van der Waals surface area contributed by atoms with E-state index in [1.165, 1.54) is 5.39 Å². The minimum absolute atomic E-state index is 0.475. The van der Waals surface area contributed by atoms with E-state index in [-0.39, 0.29) is 0 Å². The fraction of sp³-hybridized carbons (Fsp3) is 0.300. The van der Waals surface area contributed by atoms with Crippen LogP contribution < -0.4 is 0 Å². The predicted octanol–water partition coefficient (Wildman–Crippen LogP) is 9.54. The highest BCUT2D eigenvalue weighted by Gasteiger charge is 2.59. The Kier molecular flexibility index (Phi) is 6.46. The molecular weight excluding hydrogens is 568 g/mol. The van der Waals surface area contributed by atoms with Crippen molar-refractivity contribution in [3.63, 3.8) is 0 Å². The van der Waals surface area contributed by atoms with Crippen LogP contribution in [0.1, 0.15) is 66.5 Å². The van der Waals surface area contributed by atoms with Crippen LogP contribution in [-0.4, -0.2) is 43.7 Å². The van der Waals surface area contributed by atoms with Crippen molar-refractivity contribution < 1.29 is 4.76 Å². The number of fused-ring (bicyclic) bond motifs is 2. The molecule has 2 heterocycles. The van der Waals surface area contributed by atoms with Crippen LogP contribution in [0.4, 0.5) is 0 Å². The van der Waals surface area contributed by atoms with Gasteiger partial charge in [-0.15, -0.1) is 0 Å². The van der Waals surface area contributed by atoms with Crippen molar-refractivity contribution in [2.24, 2.45) is 9.98 Å². The van der Waals surface area contributed by atoms with E-state index in [0.717, 1.165) is 59.4 Å². The van der Waals surface area contributed by atoms with Gasteiger partial charge in [0, 0.05) is 11.1 Å². The van der Waals surface area contributed by atoms with Crippen LogP contribution in [-0.2, 0) is 0 Å². The highest BCUT2D eigenvalue weighted by Crippen LogP contribution is 2.41. The Bertz CT molecular complexity index is 2120. The van der Waals surface area contributed by atoms with Gasteiger partial charge in [0.1, 0.15) is 5.84 Å². The highest BCUT2D eigenvalue weighted by molar-refractivity contribution is 6.13. The molecule has 2 aliphatic rings. The quantitative estimate of drug-likeness (QED) is 0.151. The van der Waals surface area contributed by atoms with Crippen molar-refractivity contribution in [1.29, 1.82) is 0 Å². The SMILES string of the molecule is CC1(C)N=C(c2ccc(-c3c4ccccc4cc4cc(-c5ccc(C6=NC(C)(C)C(C)(C)[N+]6=O)cc5)ccc34)cc2)N([O-])C1(C)C. The zero-order chi connectivity index (χ0) is 32.8. The summed E-state index contributed by atoms with van der Waals surface area (Å²) in [6, 6.07) is 33.7. The fourth-order valence-electron chi connectivity index (χ4n) is 6.45. The molecule has 0 unspecified atom stereocenters. The third kappa shape index (κ3) is 4.34. The van der Waals surface area contributed by atoms with Crippen molar-refractivity contribution >= 4 is 33.2 Å². The summed E-state index contributed by atoms with van der Waals surface area (Å²) in [4.78, 5) is 22.7. The van der Waals surface area contributed by atoms with Gasteiger partial charge in [-0.25, -0.2) is 0 Å². The molecule has 0 amide bonds. The van der Waals surface area contributed by atoms with Gasteiger partial charge in [0.05, 0.1) is 11.1 Å². The van der Waals surface area contributed by atoms with E-state index in [9.17, 15) is 10.1 Å².